The molecule has 1 N–H and O–H groups in total. The van der Waals surface area contributed by atoms with E-state index in [2.05, 4.69) is 0 Å². The van der Waals surface area contributed by atoms with Gasteiger partial charge in [0.15, 0.2) is 0 Å². The monoisotopic (exact) mass is 428 g/mol. The molecule has 0 amide bonds. The molecule has 140 valence electrons. The summed E-state index contributed by atoms with van der Waals surface area (Å²) in [6.07, 6.45) is 0. The standard InChI is InChI=1S/C16H10Cl2N2O6S/c17-9-1-4-11(5-2-9)27(25,26)20-15(23)12-6-3-10(18)7-13(12)19(16(20)24)8-14(21)22/h1-7H,8H2,(H,21,22). The largest absolute Gasteiger partial charge is 0.480 e. The van der Waals surface area contributed by atoms with E-state index in [1.165, 1.54) is 30.3 Å². The Labute approximate surface area is 161 Å². The summed E-state index contributed by atoms with van der Waals surface area (Å²) in [7, 11) is -4.59. The number of aliphatic carboxylic acids is 1. The van der Waals surface area contributed by atoms with Crippen molar-refractivity contribution in [1.29, 1.82) is 0 Å². The lowest BCUT2D eigenvalue weighted by molar-refractivity contribution is -0.137. The predicted octanol–water partition coefficient (Wildman–Crippen LogP) is 1.79. The van der Waals surface area contributed by atoms with Crippen molar-refractivity contribution in [2.45, 2.75) is 11.4 Å². The molecule has 0 saturated heterocycles. The first-order valence-electron chi connectivity index (χ1n) is 7.31. The minimum absolute atomic E-state index is 0.0371. The molecular weight excluding hydrogens is 419 g/mol. The molecule has 1 aromatic heterocycles. The van der Waals surface area contributed by atoms with Crippen molar-refractivity contribution < 1.29 is 18.3 Å². The van der Waals surface area contributed by atoms with Crippen LogP contribution in [0.1, 0.15) is 0 Å². The molecule has 0 bridgehead atoms. The van der Waals surface area contributed by atoms with Crippen molar-refractivity contribution in [2.24, 2.45) is 0 Å². The van der Waals surface area contributed by atoms with E-state index in [1.54, 1.807) is 0 Å². The Morgan fingerprint density at radius 1 is 1.00 bits per heavy atom. The first-order chi connectivity index (χ1) is 12.6. The lowest BCUT2D eigenvalue weighted by Gasteiger charge is -2.13. The molecule has 0 unspecified atom stereocenters. The van der Waals surface area contributed by atoms with Crippen molar-refractivity contribution in [3.05, 3.63) is 73.3 Å². The molecule has 0 aliphatic rings. The Morgan fingerprint density at radius 2 is 1.59 bits per heavy atom. The van der Waals surface area contributed by atoms with Gasteiger partial charge in [0.2, 0.25) is 0 Å². The molecule has 0 spiro atoms. The minimum Gasteiger partial charge on any atom is -0.480 e. The number of aromatic nitrogens is 2. The summed E-state index contributed by atoms with van der Waals surface area (Å²) in [5.41, 5.74) is -2.50. The van der Waals surface area contributed by atoms with Gasteiger partial charge in [0.1, 0.15) is 6.54 Å². The molecule has 3 rings (SSSR count). The SMILES string of the molecule is O=C(O)Cn1c(=O)n(S(=O)(=O)c2ccc(Cl)cc2)c(=O)c2ccc(Cl)cc21. The Balaban J connectivity index is 2.45. The molecule has 0 atom stereocenters. The van der Waals surface area contributed by atoms with Crippen LogP contribution in [0, 0.1) is 0 Å². The fourth-order valence-electron chi connectivity index (χ4n) is 2.53. The van der Waals surface area contributed by atoms with Gasteiger partial charge in [-0.2, -0.15) is 0 Å². The second-order valence-corrected chi connectivity index (χ2v) is 8.11. The van der Waals surface area contributed by atoms with Crippen molar-refractivity contribution >= 4 is 50.1 Å². The summed E-state index contributed by atoms with van der Waals surface area (Å²) >= 11 is 11.6. The van der Waals surface area contributed by atoms with E-state index < -0.39 is 33.8 Å². The number of carboxylic acid groups (broad SMARTS) is 1. The molecular formula is C16H10Cl2N2O6S. The highest BCUT2D eigenvalue weighted by atomic mass is 35.5. The first-order valence-corrected chi connectivity index (χ1v) is 9.50. The number of fused-ring (bicyclic) bond motifs is 1. The third-order valence-electron chi connectivity index (χ3n) is 3.72. The third-order valence-corrected chi connectivity index (χ3v) is 5.87. The molecule has 27 heavy (non-hydrogen) atoms. The number of hydrogen-bond acceptors (Lipinski definition) is 5. The fraction of sp³-hybridized carbons (Fsp3) is 0.0625. The van der Waals surface area contributed by atoms with Crippen LogP contribution in [0.2, 0.25) is 10.0 Å². The van der Waals surface area contributed by atoms with E-state index in [4.69, 9.17) is 28.3 Å². The Bertz CT molecular complexity index is 1290. The summed E-state index contributed by atoms with van der Waals surface area (Å²) in [4.78, 5) is 36.3. The Morgan fingerprint density at radius 3 is 2.19 bits per heavy atom. The van der Waals surface area contributed by atoms with Crippen LogP contribution in [0.4, 0.5) is 0 Å². The molecule has 0 fully saturated rings. The molecule has 0 radical (unpaired) electrons. The average Bonchev–Trinajstić information content (AvgIpc) is 2.58. The second-order valence-electron chi connectivity index (χ2n) is 5.45. The highest BCUT2D eigenvalue weighted by Gasteiger charge is 2.26. The van der Waals surface area contributed by atoms with E-state index in [0.717, 1.165) is 12.1 Å². The normalized spacial score (nSPS) is 11.6. The summed E-state index contributed by atoms with van der Waals surface area (Å²) in [5.74, 6) is -1.40. The highest BCUT2D eigenvalue weighted by Crippen LogP contribution is 2.18. The zero-order valence-electron chi connectivity index (χ0n) is 13.3. The van der Waals surface area contributed by atoms with E-state index in [0.29, 0.717) is 4.57 Å². The smallest absolute Gasteiger partial charge is 0.346 e. The summed E-state index contributed by atoms with van der Waals surface area (Å²) in [6.45, 7) is -0.855. The average molecular weight is 429 g/mol. The van der Waals surface area contributed by atoms with Crippen LogP contribution in [0.3, 0.4) is 0 Å². The van der Waals surface area contributed by atoms with Gasteiger partial charge in [0.05, 0.1) is 15.8 Å². The van der Waals surface area contributed by atoms with Gasteiger partial charge in [-0.3, -0.25) is 14.2 Å². The topological polar surface area (TPSA) is 115 Å². The van der Waals surface area contributed by atoms with Crippen LogP contribution in [0.15, 0.2) is 56.9 Å². The zero-order valence-corrected chi connectivity index (χ0v) is 15.6. The van der Waals surface area contributed by atoms with Gasteiger partial charge in [0.25, 0.3) is 15.6 Å². The van der Waals surface area contributed by atoms with E-state index in [1.807, 2.05) is 0 Å². The predicted molar refractivity (Wildman–Crippen MR) is 99.1 cm³/mol. The van der Waals surface area contributed by atoms with Crippen LogP contribution < -0.4 is 11.2 Å². The van der Waals surface area contributed by atoms with Crippen molar-refractivity contribution in [3.63, 3.8) is 0 Å². The molecule has 11 heteroatoms. The summed E-state index contributed by atoms with van der Waals surface area (Å²) < 4.78 is 26.4. The van der Waals surface area contributed by atoms with Gasteiger partial charge in [0, 0.05) is 10.0 Å². The first kappa shape index (κ1) is 19.2. The maximum Gasteiger partial charge on any atom is 0.346 e. The van der Waals surface area contributed by atoms with Crippen molar-refractivity contribution in [2.75, 3.05) is 0 Å². The number of carboxylic acids is 1. The second kappa shape index (κ2) is 6.84. The van der Waals surface area contributed by atoms with Gasteiger partial charge in [-0.1, -0.05) is 23.2 Å². The Kier molecular flexibility index (Phi) is 4.85. The molecule has 0 aliphatic heterocycles. The number of rotatable bonds is 4. The summed E-state index contributed by atoms with van der Waals surface area (Å²) in [5, 5.41) is 9.33. The van der Waals surface area contributed by atoms with Gasteiger partial charge < -0.3 is 5.11 Å². The highest BCUT2D eigenvalue weighted by molar-refractivity contribution is 7.90. The maximum atomic E-state index is 12.9. The van der Waals surface area contributed by atoms with Crippen LogP contribution >= 0.6 is 23.2 Å². The van der Waals surface area contributed by atoms with Gasteiger partial charge in [-0.05, 0) is 42.5 Å². The maximum absolute atomic E-state index is 12.9. The van der Waals surface area contributed by atoms with Crippen molar-refractivity contribution in [3.8, 4) is 0 Å². The summed E-state index contributed by atoms with van der Waals surface area (Å²) in [6, 6.07) is 8.63. The molecule has 8 nitrogen and oxygen atoms in total. The molecule has 2 aromatic carbocycles. The quantitative estimate of drug-likeness (QED) is 0.676. The number of carbonyl (C=O) groups is 1. The minimum atomic E-state index is -4.59. The number of benzene rings is 2. The molecule has 1 heterocycles. The lowest BCUT2D eigenvalue weighted by atomic mass is 10.2. The molecule has 0 saturated carbocycles. The van der Waals surface area contributed by atoms with E-state index in [-0.39, 0.29) is 29.8 Å². The Hall–Kier alpha value is -2.62. The van der Waals surface area contributed by atoms with Gasteiger partial charge >= 0.3 is 11.7 Å². The van der Waals surface area contributed by atoms with E-state index >= 15 is 0 Å². The fourth-order valence-corrected chi connectivity index (χ4v) is 4.13. The van der Waals surface area contributed by atoms with Crippen molar-refractivity contribution in [1.82, 2.24) is 8.54 Å². The van der Waals surface area contributed by atoms with Crippen LogP contribution in [0.25, 0.3) is 10.9 Å². The number of hydrogen-bond donors (Lipinski definition) is 1. The van der Waals surface area contributed by atoms with Crippen LogP contribution in [-0.2, 0) is 21.4 Å². The van der Waals surface area contributed by atoms with Gasteiger partial charge in [-0.25, -0.2) is 13.2 Å². The van der Waals surface area contributed by atoms with Crippen LogP contribution in [-0.4, -0.2) is 28.0 Å². The molecule has 3 aromatic rings. The zero-order chi connectivity index (χ0) is 19.9. The lowest BCUT2D eigenvalue weighted by Crippen LogP contribution is -2.44. The van der Waals surface area contributed by atoms with Crippen LogP contribution in [0.5, 0.6) is 0 Å². The van der Waals surface area contributed by atoms with Gasteiger partial charge in [-0.15, -0.1) is 3.97 Å². The molecule has 0 aliphatic carbocycles. The number of halogens is 2. The number of nitrogens with zero attached hydrogens (tertiary/aromatic N) is 2. The van der Waals surface area contributed by atoms with E-state index in [9.17, 15) is 22.8 Å². The third kappa shape index (κ3) is 3.36.